The minimum Gasteiger partial charge on any atom is -0.466 e. The second-order valence-electron chi connectivity index (χ2n) is 8.01. The molecule has 1 rings (SSSR count). The second-order valence-corrected chi connectivity index (χ2v) is 12.1. The lowest BCUT2D eigenvalue weighted by atomic mass is 10.1. The SMILES string of the molecule is COC(=O)/C=C/c1ccc(C)cc1NP(=O)(C(C)(C)C)C(C)(C)C. The Morgan fingerprint density at radius 3 is 2.12 bits per heavy atom. The van der Waals surface area contributed by atoms with E-state index in [0.29, 0.717) is 0 Å². The maximum atomic E-state index is 13.9. The van der Waals surface area contributed by atoms with Gasteiger partial charge in [-0.25, -0.2) is 4.79 Å². The Balaban J connectivity index is 3.40. The number of nitrogens with one attached hydrogen (secondary N) is 1. The van der Waals surface area contributed by atoms with Gasteiger partial charge < -0.3 is 9.82 Å². The van der Waals surface area contributed by atoms with E-state index in [1.807, 2.05) is 66.7 Å². The van der Waals surface area contributed by atoms with Crippen molar-refractivity contribution < 1.29 is 14.1 Å². The molecule has 1 aromatic rings. The molecule has 0 fully saturated rings. The standard InChI is InChI=1S/C19H30NO3P/c1-14-9-10-15(11-12-17(21)23-8)16(13-14)20-24(22,18(2,3)4)19(5,6)7/h9-13H,1-8H3,(H,20,22)/b12-11+. The Labute approximate surface area is 146 Å². The molecule has 0 amide bonds. The van der Waals surface area contributed by atoms with Crippen LogP contribution in [0.5, 0.6) is 0 Å². The molecule has 0 bridgehead atoms. The first-order valence-electron chi connectivity index (χ1n) is 8.07. The first-order chi connectivity index (χ1) is 10.8. The normalized spacial score (nSPS) is 13.2. The van der Waals surface area contributed by atoms with Gasteiger partial charge in [0.15, 0.2) is 7.29 Å². The van der Waals surface area contributed by atoms with Gasteiger partial charge in [-0.15, -0.1) is 0 Å². The summed E-state index contributed by atoms with van der Waals surface area (Å²) in [4.78, 5) is 11.4. The van der Waals surface area contributed by atoms with Gasteiger partial charge in [0, 0.05) is 22.1 Å². The Kier molecular flexibility index (Phi) is 6.10. The smallest absolute Gasteiger partial charge is 0.330 e. The number of benzene rings is 1. The largest absolute Gasteiger partial charge is 0.466 e. The highest BCUT2D eigenvalue weighted by Gasteiger charge is 2.46. The first kappa shape index (κ1) is 20.5. The van der Waals surface area contributed by atoms with Crippen molar-refractivity contribution >= 4 is 25.0 Å². The molecule has 1 aromatic carbocycles. The van der Waals surface area contributed by atoms with Crippen LogP contribution in [0.2, 0.25) is 0 Å². The third-order valence-electron chi connectivity index (χ3n) is 3.98. The van der Waals surface area contributed by atoms with Crippen LogP contribution in [-0.4, -0.2) is 23.4 Å². The van der Waals surface area contributed by atoms with Crippen molar-refractivity contribution in [3.8, 4) is 0 Å². The Bertz CT molecular complexity index is 661. The monoisotopic (exact) mass is 351 g/mol. The molecule has 134 valence electrons. The van der Waals surface area contributed by atoms with Crippen molar-refractivity contribution in [3.05, 3.63) is 35.4 Å². The van der Waals surface area contributed by atoms with E-state index in [2.05, 4.69) is 9.82 Å². The molecule has 0 atom stereocenters. The van der Waals surface area contributed by atoms with Crippen LogP contribution in [0.1, 0.15) is 52.7 Å². The van der Waals surface area contributed by atoms with Crippen LogP contribution in [0.3, 0.4) is 0 Å². The first-order valence-corrected chi connectivity index (χ1v) is 9.78. The molecule has 0 aliphatic rings. The zero-order valence-electron chi connectivity index (χ0n) is 16.1. The average molecular weight is 351 g/mol. The molecule has 0 saturated carbocycles. The summed E-state index contributed by atoms with van der Waals surface area (Å²) in [6, 6.07) is 5.83. The van der Waals surface area contributed by atoms with Crippen LogP contribution in [0, 0.1) is 6.92 Å². The average Bonchev–Trinajstić information content (AvgIpc) is 2.43. The summed E-state index contributed by atoms with van der Waals surface area (Å²) in [7, 11) is -1.47. The van der Waals surface area contributed by atoms with E-state index in [0.717, 1.165) is 16.8 Å². The zero-order chi connectivity index (χ0) is 18.8. The van der Waals surface area contributed by atoms with Crippen LogP contribution in [0.15, 0.2) is 24.3 Å². The molecule has 24 heavy (non-hydrogen) atoms. The molecule has 0 unspecified atom stereocenters. The number of hydrogen-bond acceptors (Lipinski definition) is 3. The third-order valence-corrected chi connectivity index (χ3v) is 8.31. The highest BCUT2D eigenvalue weighted by atomic mass is 31.2. The van der Waals surface area contributed by atoms with Crippen molar-refractivity contribution in [2.45, 2.75) is 58.8 Å². The van der Waals surface area contributed by atoms with Gasteiger partial charge in [-0.1, -0.05) is 53.7 Å². The number of aryl methyl sites for hydroxylation is 1. The molecule has 0 radical (unpaired) electrons. The van der Waals surface area contributed by atoms with Gasteiger partial charge in [-0.05, 0) is 30.2 Å². The number of rotatable bonds is 4. The molecule has 0 spiro atoms. The molecule has 0 aromatic heterocycles. The van der Waals surface area contributed by atoms with E-state index in [9.17, 15) is 9.36 Å². The fourth-order valence-corrected chi connectivity index (χ4v) is 5.87. The number of ether oxygens (including phenoxy) is 1. The number of hydrogen-bond donors (Lipinski definition) is 1. The van der Waals surface area contributed by atoms with Crippen LogP contribution >= 0.6 is 7.29 Å². The molecule has 4 nitrogen and oxygen atoms in total. The van der Waals surface area contributed by atoms with E-state index in [4.69, 9.17) is 0 Å². The van der Waals surface area contributed by atoms with Gasteiger partial charge in [0.2, 0.25) is 0 Å². The Morgan fingerprint density at radius 1 is 1.12 bits per heavy atom. The predicted octanol–water partition coefficient (Wildman–Crippen LogP) is 5.47. The molecule has 0 aliphatic heterocycles. The summed E-state index contributed by atoms with van der Waals surface area (Å²) in [6.07, 6.45) is 3.05. The van der Waals surface area contributed by atoms with Crippen LogP contribution in [-0.2, 0) is 14.1 Å². The minimum atomic E-state index is -2.81. The summed E-state index contributed by atoms with van der Waals surface area (Å²) in [5, 5.41) is 2.53. The third kappa shape index (κ3) is 4.51. The number of carbonyl (C=O) groups is 1. The quantitative estimate of drug-likeness (QED) is 0.444. The van der Waals surface area contributed by atoms with Crippen LogP contribution < -0.4 is 5.09 Å². The van der Waals surface area contributed by atoms with Crippen molar-refractivity contribution in [1.82, 2.24) is 0 Å². The summed E-state index contributed by atoms with van der Waals surface area (Å²) in [5.74, 6) is -0.420. The van der Waals surface area contributed by atoms with E-state index in [1.54, 1.807) is 6.08 Å². The van der Waals surface area contributed by atoms with E-state index >= 15 is 0 Å². The summed E-state index contributed by atoms with van der Waals surface area (Å²) < 4.78 is 18.5. The topological polar surface area (TPSA) is 55.4 Å². The van der Waals surface area contributed by atoms with Crippen LogP contribution in [0.25, 0.3) is 6.08 Å². The maximum absolute atomic E-state index is 13.9. The molecule has 0 heterocycles. The van der Waals surface area contributed by atoms with E-state index < -0.39 is 23.6 Å². The van der Waals surface area contributed by atoms with E-state index in [-0.39, 0.29) is 0 Å². The number of esters is 1. The Hall–Kier alpha value is -1.54. The molecular weight excluding hydrogens is 321 g/mol. The molecule has 5 heteroatoms. The van der Waals surface area contributed by atoms with Gasteiger partial charge in [-0.3, -0.25) is 4.57 Å². The van der Waals surface area contributed by atoms with E-state index in [1.165, 1.54) is 13.2 Å². The lowest BCUT2D eigenvalue weighted by Crippen LogP contribution is -2.32. The molecule has 1 N–H and O–H groups in total. The fourth-order valence-electron chi connectivity index (χ4n) is 2.65. The van der Waals surface area contributed by atoms with Crippen LogP contribution in [0.4, 0.5) is 5.69 Å². The molecular formula is C19H30NO3P. The highest BCUT2D eigenvalue weighted by Crippen LogP contribution is 2.66. The highest BCUT2D eigenvalue weighted by molar-refractivity contribution is 7.68. The summed E-state index contributed by atoms with van der Waals surface area (Å²) >= 11 is 0. The van der Waals surface area contributed by atoms with Crippen molar-refractivity contribution in [2.75, 3.05) is 12.2 Å². The summed E-state index contributed by atoms with van der Waals surface area (Å²) in [6.45, 7) is 13.9. The minimum absolute atomic E-state index is 0.404. The van der Waals surface area contributed by atoms with Crippen molar-refractivity contribution in [2.24, 2.45) is 0 Å². The maximum Gasteiger partial charge on any atom is 0.330 e. The molecule has 0 saturated heterocycles. The second kappa shape index (κ2) is 7.14. The lowest BCUT2D eigenvalue weighted by Gasteiger charge is -2.42. The predicted molar refractivity (Wildman–Crippen MR) is 103 cm³/mol. The number of methoxy groups -OCH3 is 1. The van der Waals surface area contributed by atoms with Gasteiger partial charge >= 0.3 is 5.97 Å². The fraction of sp³-hybridized carbons (Fsp3) is 0.526. The van der Waals surface area contributed by atoms with Gasteiger partial charge in [-0.2, -0.15) is 0 Å². The number of carbonyl (C=O) groups excluding carboxylic acids is 1. The van der Waals surface area contributed by atoms with Crippen molar-refractivity contribution in [1.29, 1.82) is 0 Å². The summed E-state index contributed by atoms with van der Waals surface area (Å²) in [5.41, 5.74) is 2.63. The zero-order valence-corrected chi connectivity index (χ0v) is 17.0. The van der Waals surface area contributed by atoms with Gasteiger partial charge in [0.25, 0.3) is 0 Å². The lowest BCUT2D eigenvalue weighted by molar-refractivity contribution is -0.134. The van der Waals surface area contributed by atoms with Gasteiger partial charge in [0.05, 0.1) is 7.11 Å². The molecule has 0 aliphatic carbocycles. The van der Waals surface area contributed by atoms with Gasteiger partial charge in [0.1, 0.15) is 0 Å². The number of anilines is 1. The Morgan fingerprint density at radius 2 is 1.67 bits per heavy atom. The van der Waals surface area contributed by atoms with Crippen molar-refractivity contribution in [3.63, 3.8) is 0 Å².